The average Bonchev–Trinajstić information content (AvgIpc) is 3.06. The van der Waals surface area contributed by atoms with E-state index in [1.807, 2.05) is 31.2 Å². The Hall–Kier alpha value is -2.38. The Morgan fingerprint density at radius 2 is 1.88 bits per heavy atom. The molecule has 2 aromatic rings. The molecule has 0 radical (unpaired) electrons. The molecule has 1 aliphatic rings. The van der Waals surface area contributed by atoms with E-state index in [1.165, 1.54) is 19.2 Å². The fourth-order valence-electron chi connectivity index (χ4n) is 2.92. The standard InChI is InChI=1S/C19H22N2O4S/c1-14-5-7-15(8-6-14)13-20-26(23,24)16-9-10-18(25-2)17(12-16)21-11-3-4-19(21)22/h5-10,12,20H,3-4,11,13H2,1-2H3. The number of carbonyl (C=O) groups excluding carboxylic acids is 1. The third kappa shape index (κ3) is 3.89. The van der Waals surface area contributed by atoms with Crippen molar-refractivity contribution in [2.75, 3.05) is 18.6 Å². The number of nitrogens with one attached hydrogen (secondary N) is 1. The van der Waals surface area contributed by atoms with Gasteiger partial charge in [0, 0.05) is 19.5 Å². The summed E-state index contributed by atoms with van der Waals surface area (Å²) in [5, 5.41) is 0. The van der Waals surface area contributed by atoms with E-state index >= 15 is 0 Å². The number of benzene rings is 2. The number of methoxy groups -OCH3 is 1. The van der Waals surface area contributed by atoms with Crippen LogP contribution in [0.15, 0.2) is 47.4 Å². The molecule has 6 nitrogen and oxygen atoms in total. The zero-order valence-corrected chi connectivity index (χ0v) is 15.7. The second-order valence-electron chi connectivity index (χ2n) is 6.29. The maximum Gasteiger partial charge on any atom is 0.240 e. The number of ether oxygens (including phenoxy) is 1. The number of anilines is 1. The lowest BCUT2D eigenvalue weighted by atomic mass is 10.2. The molecule has 0 atom stereocenters. The molecule has 7 heteroatoms. The Labute approximate surface area is 153 Å². The Bertz CT molecular complexity index is 908. The van der Waals surface area contributed by atoms with E-state index < -0.39 is 10.0 Å². The minimum absolute atomic E-state index is 0.0227. The molecule has 1 saturated heterocycles. The number of amides is 1. The average molecular weight is 374 g/mol. The van der Waals surface area contributed by atoms with E-state index in [0.29, 0.717) is 24.4 Å². The van der Waals surface area contributed by atoms with Crippen molar-refractivity contribution in [1.82, 2.24) is 4.72 Å². The molecule has 0 aliphatic carbocycles. The van der Waals surface area contributed by atoms with Crippen molar-refractivity contribution in [2.45, 2.75) is 31.2 Å². The van der Waals surface area contributed by atoms with Gasteiger partial charge in [-0.1, -0.05) is 29.8 Å². The third-order valence-corrected chi connectivity index (χ3v) is 5.81. The summed E-state index contributed by atoms with van der Waals surface area (Å²) in [5.74, 6) is 0.461. The van der Waals surface area contributed by atoms with Gasteiger partial charge < -0.3 is 9.64 Å². The normalized spacial score (nSPS) is 14.7. The van der Waals surface area contributed by atoms with Crippen LogP contribution < -0.4 is 14.4 Å². The minimum atomic E-state index is -3.71. The largest absolute Gasteiger partial charge is 0.495 e. The Kier molecular flexibility index (Phi) is 5.29. The molecule has 0 saturated carbocycles. The van der Waals surface area contributed by atoms with Crippen molar-refractivity contribution >= 4 is 21.6 Å². The highest BCUT2D eigenvalue weighted by Gasteiger charge is 2.26. The van der Waals surface area contributed by atoms with Crippen LogP contribution in [0.5, 0.6) is 5.75 Å². The lowest BCUT2D eigenvalue weighted by molar-refractivity contribution is -0.117. The van der Waals surface area contributed by atoms with Crippen LogP contribution in [0, 0.1) is 6.92 Å². The summed E-state index contributed by atoms with van der Waals surface area (Å²) in [6.45, 7) is 2.74. The number of aryl methyl sites for hydroxylation is 1. The predicted molar refractivity (Wildman–Crippen MR) is 99.8 cm³/mol. The molecule has 26 heavy (non-hydrogen) atoms. The summed E-state index contributed by atoms with van der Waals surface area (Å²) in [6, 6.07) is 12.2. The monoisotopic (exact) mass is 374 g/mol. The minimum Gasteiger partial charge on any atom is -0.495 e. The van der Waals surface area contributed by atoms with Crippen LogP contribution in [0.2, 0.25) is 0 Å². The van der Waals surface area contributed by atoms with Crippen LogP contribution >= 0.6 is 0 Å². The topological polar surface area (TPSA) is 75.7 Å². The van der Waals surface area contributed by atoms with Crippen LogP contribution in [0.4, 0.5) is 5.69 Å². The third-order valence-electron chi connectivity index (χ3n) is 4.41. The summed E-state index contributed by atoms with van der Waals surface area (Å²) in [4.78, 5) is 13.7. The van der Waals surface area contributed by atoms with Crippen LogP contribution in [0.25, 0.3) is 0 Å². The molecule has 0 unspecified atom stereocenters. The molecule has 0 spiro atoms. The number of rotatable bonds is 6. The fourth-order valence-corrected chi connectivity index (χ4v) is 3.96. The van der Waals surface area contributed by atoms with Crippen molar-refractivity contribution in [3.63, 3.8) is 0 Å². The van der Waals surface area contributed by atoms with E-state index in [9.17, 15) is 13.2 Å². The first-order valence-corrected chi connectivity index (χ1v) is 9.92. The van der Waals surface area contributed by atoms with Gasteiger partial charge in [-0.2, -0.15) is 0 Å². The molecule has 0 bridgehead atoms. The number of hydrogen-bond donors (Lipinski definition) is 1. The van der Waals surface area contributed by atoms with E-state index in [0.717, 1.165) is 17.5 Å². The summed E-state index contributed by atoms with van der Waals surface area (Å²) in [5.41, 5.74) is 2.49. The van der Waals surface area contributed by atoms with Crippen molar-refractivity contribution in [3.8, 4) is 5.75 Å². The zero-order valence-electron chi connectivity index (χ0n) is 14.9. The maximum atomic E-state index is 12.7. The second kappa shape index (κ2) is 7.47. The summed E-state index contributed by atoms with van der Waals surface area (Å²) >= 11 is 0. The highest BCUT2D eigenvalue weighted by molar-refractivity contribution is 7.89. The highest BCUT2D eigenvalue weighted by atomic mass is 32.2. The number of sulfonamides is 1. The van der Waals surface area contributed by atoms with Crippen LogP contribution in [0.3, 0.4) is 0 Å². The number of hydrogen-bond acceptors (Lipinski definition) is 4. The molecular weight excluding hydrogens is 352 g/mol. The van der Waals surface area contributed by atoms with Crippen LogP contribution in [0.1, 0.15) is 24.0 Å². The molecule has 1 fully saturated rings. The first-order chi connectivity index (χ1) is 12.4. The van der Waals surface area contributed by atoms with E-state index in [1.54, 1.807) is 11.0 Å². The first kappa shape index (κ1) is 18.4. The summed E-state index contributed by atoms with van der Waals surface area (Å²) in [7, 11) is -2.20. The molecule has 138 valence electrons. The zero-order chi connectivity index (χ0) is 18.7. The molecule has 1 amide bonds. The molecule has 2 aromatic carbocycles. The van der Waals surface area contributed by atoms with Gasteiger partial charge in [0.05, 0.1) is 17.7 Å². The van der Waals surface area contributed by atoms with Crippen LogP contribution in [-0.4, -0.2) is 28.0 Å². The maximum absolute atomic E-state index is 12.7. The Balaban J connectivity index is 1.85. The molecule has 3 rings (SSSR count). The first-order valence-electron chi connectivity index (χ1n) is 8.44. The van der Waals surface area contributed by atoms with E-state index in [4.69, 9.17) is 4.74 Å². The Morgan fingerprint density at radius 3 is 2.50 bits per heavy atom. The lowest BCUT2D eigenvalue weighted by Crippen LogP contribution is -2.26. The Morgan fingerprint density at radius 1 is 1.15 bits per heavy atom. The van der Waals surface area contributed by atoms with Crippen LogP contribution in [-0.2, 0) is 21.4 Å². The second-order valence-corrected chi connectivity index (χ2v) is 8.06. The van der Waals surface area contributed by atoms with E-state index in [-0.39, 0.29) is 17.3 Å². The lowest BCUT2D eigenvalue weighted by Gasteiger charge is -2.20. The van der Waals surface area contributed by atoms with Crippen molar-refractivity contribution in [2.24, 2.45) is 0 Å². The molecule has 1 aliphatic heterocycles. The van der Waals surface area contributed by atoms with Gasteiger partial charge in [-0.05, 0) is 37.1 Å². The SMILES string of the molecule is COc1ccc(S(=O)(=O)NCc2ccc(C)cc2)cc1N1CCCC1=O. The quantitative estimate of drug-likeness (QED) is 0.843. The summed E-state index contributed by atoms with van der Waals surface area (Å²) < 4.78 is 33.2. The van der Waals surface area contributed by atoms with Gasteiger partial charge in [0.1, 0.15) is 5.75 Å². The highest BCUT2D eigenvalue weighted by Crippen LogP contribution is 2.33. The van der Waals surface area contributed by atoms with Gasteiger partial charge in [0.15, 0.2) is 0 Å². The van der Waals surface area contributed by atoms with Crippen molar-refractivity contribution in [1.29, 1.82) is 0 Å². The van der Waals surface area contributed by atoms with Crippen molar-refractivity contribution < 1.29 is 17.9 Å². The van der Waals surface area contributed by atoms with Crippen molar-refractivity contribution in [3.05, 3.63) is 53.6 Å². The molecule has 1 N–H and O–H groups in total. The number of nitrogens with zero attached hydrogens (tertiary/aromatic N) is 1. The van der Waals surface area contributed by atoms with Gasteiger partial charge in [-0.25, -0.2) is 13.1 Å². The predicted octanol–water partition coefficient (Wildman–Crippen LogP) is 2.61. The van der Waals surface area contributed by atoms with Gasteiger partial charge >= 0.3 is 0 Å². The van der Waals surface area contributed by atoms with Gasteiger partial charge in [0.2, 0.25) is 15.9 Å². The number of carbonyl (C=O) groups is 1. The molecule has 1 heterocycles. The van der Waals surface area contributed by atoms with Gasteiger partial charge in [0.25, 0.3) is 0 Å². The fraction of sp³-hybridized carbons (Fsp3) is 0.316. The molecular formula is C19H22N2O4S. The summed E-state index contributed by atoms with van der Waals surface area (Å²) in [6.07, 6.45) is 1.22. The van der Waals surface area contributed by atoms with Gasteiger partial charge in [-0.3, -0.25) is 4.79 Å². The molecule has 0 aromatic heterocycles. The van der Waals surface area contributed by atoms with E-state index in [2.05, 4.69) is 4.72 Å². The van der Waals surface area contributed by atoms with Gasteiger partial charge in [-0.15, -0.1) is 0 Å². The smallest absolute Gasteiger partial charge is 0.240 e.